The average molecular weight is 233 g/mol. The predicted octanol–water partition coefficient (Wildman–Crippen LogP) is 3.01. The van der Waals surface area contributed by atoms with Gasteiger partial charge in [-0.2, -0.15) is 0 Å². The summed E-state index contributed by atoms with van der Waals surface area (Å²) in [5.41, 5.74) is 1.72. The van der Waals surface area contributed by atoms with Gasteiger partial charge in [-0.05, 0) is 11.5 Å². The molecule has 17 heavy (non-hydrogen) atoms. The van der Waals surface area contributed by atoms with Crippen molar-refractivity contribution >= 4 is 0 Å². The van der Waals surface area contributed by atoms with Gasteiger partial charge in [0.1, 0.15) is 0 Å². The standard InChI is InChI=1S/C15H23NO/c1-12(2)14(13-7-5-4-6-8-13)16-9-15(3)10-17-11-15/h4-8,12,14,16H,9-11H2,1-3H3. The van der Waals surface area contributed by atoms with Gasteiger partial charge in [0, 0.05) is 18.0 Å². The largest absolute Gasteiger partial charge is 0.380 e. The Bertz CT molecular complexity index is 343. The maximum atomic E-state index is 5.30. The highest BCUT2D eigenvalue weighted by Gasteiger charge is 2.33. The number of hydrogen-bond acceptors (Lipinski definition) is 2. The van der Waals surface area contributed by atoms with Crippen LogP contribution in [0.5, 0.6) is 0 Å². The lowest BCUT2D eigenvalue weighted by atomic mass is 9.87. The first-order valence-electron chi connectivity index (χ1n) is 6.47. The van der Waals surface area contributed by atoms with Crippen LogP contribution in [0, 0.1) is 11.3 Å². The molecule has 0 radical (unpaired) electrons. The maximum Gasteiger partial charge on any atom is 0.0554 e. The van der Waals surface area contributed by atoms with Crippen molar-refractivity contribution < 1.29 is 4.74 Å². The SMILES string of the molecule is CC(C)C(NCC1(C)COC1)c1ccccc1. The highest BCUT2D eigenvalue weighted by Crippen LogP contribution is 2.28. The van der Waals surface area contributed by atoms with Gasteiger partial charge in [-0.25, -0.2) is 0 Å². The van der Waals surface area contributed by atoms with Gasteiger partial charge in [0.05, 0.1) is 13.2 Å². The first kappa shape index (κ1) is 12.6. The quantitative estimate of drug-likeness (QED) is 0.844. The van der Waals surface area contributed by atoms with Crippen LogP contribution in [-0.2, 0) is 4.74 Å². The molecular weight excluding hydrogens is 210 g/mol. The van der Waals surface area contributed by atoms with E-state index in [9.17, 15) is 0 Å². The van der Waals surface area contributed by atoms with Gasteiger partial charge in [0.25, 0.3) is 0 Å². The molecule has 0 spiro atoms. The van der Waals surface area contributed by atoms with Crippen LogP contribution in [0.3, 0.4) is 0 Å². The van der Waals surface area contributed by atoms with Crippen molar-refractivity contribution in [3.8, 4) is 0 Å². The summed E-state index contributed by atoms with van der Waals surface area (Å²) in [5.74, 6) is 0.599. The van der Waals surface area contributed by atoms with Crippen LogP contribution in [0.15, 0.2) is 30.3 Å². The second-order valence-corrected chi connectivity index (χ2v) is 5.82. The Balaban J connectivity index is 1.98. The number of rotatable bonds is 5. The molecule has 2 rings (SSSR count). The van der Waals surface area contributed by atoms with Gasteiger partial charge < -0.3 is 10.1 Å². The van der Waals surface area contributed by atoms with E-state index in [-0.39, 0.29) is 0 Å². The molecule has 0 aliphatic carbocycles. The van der Waals surface area contributed by atoms with E-state index in [4.69, 9.17) is 4.74 Å². The number of nitrogens with one attached hydrogen (secondary N) is 1. The third-order valence-electron chi connectivity index (χ3n) is 3.48. The number of benzene rings is 1. The van der Waals surface area contributed by atoms with Gasteiger partial charge in [0.2, 0.25) is 0 Å². The van der Waals surface area contributed by atoms with Crippen LogP contribution in [-0.4, -0.2) is 19.8 Å². The fraction of sp³-hybridized carbons (Fsp3) is 0.600. The van der Waals surface area contributed by atoms with Gasteiger partial charge in [0.15, 0.2) is 0 Å². The normalized spacial score (nSPS) is 20.0. The minimum Gasteiger partial charge on any atom is -0.380 e. The van der Waals surface area contributed by atoms with E-state index in [0.29, 0.717) is 17.4 Å². The summed E-state index contributed by atoms with van der Waals surface area (Å²) in [6.45, 7) is 9.63. The van der Waals surface area contributed by atoms with Crippen molar-refractivity contribution in [1.82, 2.24) is 5.32 Å². The second kappa shape index (κ2) is 5.19. The Morgan fingerprint density at radius 1 is 1.24 bits per heavy atom. The van der Waals surface area contributed by atoms with E-state index in [2.05, 4.69) is 56.4 Å². The first-order valence-corrected chi connectivity index (χ1v) is 6.47. The highest BCUT2D eigenvalue weighted by molar-refractivity contribution is 5.19. The third kappa shape index (κ3) is 3.08. The van der Waals surface area contributed by atoms with Crippen LogP contribution in [0.25, 0.3) is 0 Å². The number of ether oxygens (including phenoxy) is 1. The molecule has 1 atom stereocenters. The molecule has 1 fully saturated rings. The van der Waals surface area contributed by atoms with Crippen molar-refractivity contribution in [3.05, 3.63) is 35.9 Å². The van der Waals surface area contributed by atoms with E-state index in [1.165, 1.54) is 5.56 Å². The molecule has 1 unspecified atom stereocenters. The summed E-state index contributed by atoms with van der Waals surface area (Å²) in [5, 5.41) is 3.70. The fourth-order valence-electron chi connectivity index (χ4n) is 2.31. The fourth-order valence-corrected chi connectivity index (χ4v) is 2.31. The van der Waals surface area contributed by atoms with E-state index >= 15 is 0 Å². The van der Waals surface area contributed by atoms with E-state index < -0.39 is 0 Å². The molecule has 1 aromatic carbocycles. The van der Waals surface area contributed by atoms with Gasteiger partial charge in [-0.3, -0.25) is 0 Å². The topological polar surface area (TPSA) is 21.3 Å². The lowest BCUT2D eigenvalue weighted by Gasteiger charge is -2.40. The molecule has 1 heterocycles. The Hall–Kier alpha value is -0.860. The molecule has 2 nitrogen and oxygen atoms in total. The molecule has 2 heteroatoms. The van der Waals surface area contributed by atoms with Gasteiger partial charge in [-0.15, -0.1) is 0 Å². The van der Waals surface area contributed by atoms with Crippen LogP contribution in [0.1, 0.15) is 32.4 Å². The molecule has 0 aromatic heterocycles. The summed E-state index contributed by atoms with van der Waals surface area (Å²) in [6.07, 6.45) is 0. The van der Waals surface area contributed by atoms with Crippen LogP contribution >= 0.6 is 0 Å². The minimum absolute atomic E-state index is 0.335. The molecule has 1 N–H and O–H groups in total. The zero-order valence-corrected chi connectivity index (χ0v) is 11.1. The number of hydrogen-bond donors (Lipinski definition) is 1. The maximum absolute atomic E-state index is 5.30. The van der Waals surface area contributed by atoms with Crippen molar-refractivity contribution in [1.29, 1.82) is 0 Å². The second-order valence-electron chi connectivity index (χ2n) is 5.82. The van der Waals surface area contributed by atoms with Gasteiger partial charge in [-0.1, -0.05) is 51.1 Å². The van der Waals surface area contributed by atoms with Crippen molar-refractivity contribution in [2.24, 2.45) is 11.3 Å². The summed E-state index contributed by atoms with van der Waals surface area (Å²) in [6, 6.07) is 11.1. The first-order chi connectivity index (χ1) is 8.11. The molecule has 0 amide bonds. The lowest BCUT2D eigenvalue weighted by molar-refractivity contribution is -0.101. The summed E-state index contributed by atoms with van der Waals surface area (Å²) in [4.78, 5) is 0. The van der Waals surface area contributed by atoms with Crippen LogP contribution in [0.4, 0.5) is 0 Å². The monoisotopic (exact) mass is 233 g/mol. The molecule has 0 bridgehead atoms. The minimum atomic E-state index is 0.335. The van der Waals surface area contributed by atoms with Gasteiger partial charge >= 0.3 is 0 Å². The lowest BCUT2D eigenvalue weighted by Crippen LogP contribution is -2.48. The van der Waals surface area contributed by atoms with Crippen molar-refractivity contribution in [2.75, 3.05) is 19.8 Å². The third-order valence-corrected chi connectivity index (χ3v) is 3.48. The van der Waals surface area contributed by atoms with Crippen molar-refractivity contribution in [3.63, 3.8) is 0 Å². The van der Waals surface area contributed by atoms with Crippen LogP contribution in [0.2, 0.25) is 0 Å². The Morgan fingerprint density at radius 3 is 2.35 bits per heavy atom. The summed E-state index contributed by atoms with van der Waals surface area (Å²) in [7, 11) is 0. The van der Waals surface area contributed by atoms with Crippen molar-refractivity contribution in [2.45, 2.75) is 26.8 Å². The Labute approximate surface area is 104 Å². The summed E-state index contributed by atoms with van der Waals surface area (Å²) < 4.78 is 5.30. The molecular formula is C15H23NO. The smallest absolute Gasteiger partial charge is 0.0554 e. The molecule has 1 aliphatic heterocycles. The highest BCUT2D eigenvalue weighted by atomic mass is 16.5. The Morgan fingerprint density at radius 2 is 1.88 bits per heavy atom. The van der Waals surface area contributed by atoms with E-state index in [0.717, 1.165) is 19.8 Å². The van der Waals surface area contributed by atoms with E-state index in [1.807, 2.05) is 0 Å². The van der Waals surface area contributed by atoms with Crippen LogP contribution < -0.4 is 5.32 Å². The van der Waals surface area contributed by atoms with E-state index in [1.54, 1.807) is 0 Å². The molecule has 1 aromatic rings. The zero-order chi connectivity index (χ0) is 12.3. The molecule has 1 saturated heterocycles. The average Bonchev–Trinajstić information content (AvgIpc) is 2.28. The molecule has 0 saturated carbocycles. The Kier molecular flexibility index (Phi) is 3.85. The molecule has 94 valence electrons. The zero-order valence-electron chi connectivity index (χ0n) is 11.1. The molecule has 1 aliphatic rings. The predicted molar refractivity (Wildman–Crippen MR) is 70.9 cm³/mol. The summed E-state index contributed by atoms with van der Waals surface area (Å²) >= 11 is 0.